The van der Waals surface area contributed by atoms with Crippen LogP contribution < -0.4 is 5.32 Å². The molecule has 0 spiro atoms. The SMILES string of the molecule is CCCCCCCCC/C=C\CCCCCCCC(=O)OCCCCCCCCCCCCCCCCCCCCCCCCCCCCCCCCCCCCCCCCCC(=O)NC(CO)C(O)/C=C/CCCCCCCCCCCC. The summed E-state index contributed by atoms with van der Waals surface area (Å²) in [5.74, 6) is -0.0432. The summed E-state index contributed by atoms with van der Waals surface area (Å²) >= 11 is 0. The lowest BCUT2D eigenvalue weighted by Crippen LogP contribution is -2.45. The number of hydrogen-bond acceptors (Lipinski definition) is 5. The summed E-state index contributed by atoms with van der Waals surface area (Å²) in [7, 11) is 0. The summed E-state index contributed by atoms with van der Waals surface area (Å²) in [4.78, 5) is 24.6. The Kier molecular flexibility index (Phi) is 72.3. The van der Waals surface area contributed by atoms with Crippen molar-refractivity contribution in [2.45, 2.75) is 450 Å². The standard InChI is InChI=1S/C78H151NO5/c1-3-5-7-9-11-13-15-17-18-45-48-52-56-60-64-68-72-78(83)84-73-69-65-61-57-53-49-46-43-41-39-37-35-33-31-29-27-25-23-21-19-20-22-24-26-28-30-32-34-36-38-40-42-44-47-51-55-59-63-67-71-77(82)79-75(74-80)76(81)70-66-62-58-54-50-16-14-12-10-8-6-4-2/h18,45,66,70,75-76,80-81H,3-17,19-44,46-65,67-69,71-74H2,1-2H3,(H,79,82)/b45-18-,70-66+. The van der Waals surface area contributed by atoms with E-state index in [1.165, 1.54) is 366 Å². The maximum absolute atomic E-state index is 12.5. The lowest BCUT2D eigenvalue weighted by Gasteiger charge is -2.20. The van der Waals surface area contributed by atoms with E-state index in [0.717, 1.165) is 44.9 Å². The summed E-state index contributed by atoms with van der Waals surface area (Å²) in [6.45, 7) is 4.93. The lowest BCUT2D eigenvalue weighted by molar-refractivity contribution is -0.143. The fourth-order valence-electron chi connectivity index (χ4n) is 12.3. The molecular weight excluding hydrogens is 1030 g/mol. The summed E-state index contributed by atoms with van der Waals surface area (Å²) in [6, 6.07) is -0.622. The molecule has 1 amide bonds. The number of nitrogens with one attached hydrogen (secondary N) is 1. The zero-order chi connectivity index (χ0) is 60.6. The van der Waals surface area contributed by atoms with Crippen LogP contribution in [0.15, 0.2) is 24.3 Å². The van der Waals surface area contributed by atoms with Gasteiger partial charge in [-0.3, -0.25) is 9.59 Å². The molecule has 0 heterocycles. The number of unbranched alkanes of at least 4 members (excludes halogenated alkanes) is 60. The van der Waals surface area contributed by atoms with Crippen molar-refractivity contribution in [1.82, 2.24) is 5.32 Å². The van der Waals surface area contributed by atoms with Crippen molar-refractivity contribution in [2.24, 2.45) is 0 Å². The highest BCUT2D eigenvalue weighted by molar-refractivity contribution is 5.76. The van der Waals surface area contributed by atoms with Gasteiger partial charge in [-0.2, -0.15) is 0 Å². The van der Waals surface area contributed by atoms with Gasteiger partial charge in [0.2, 0.25) is 5.91 Å². The fourth-order valence-corrected chi connectivity index (χ4v) is 12.3. The van der Waals surface area contributed by atoms with Crippen molar-refractivity contribution < 1.29 is 24.5 Å². The Balaban J connectivity index is 3.28. The zero-order valence-electron chi connectivity index (χ0n) is 57.2. The van der Waals surface area contributed by atoms with Crippen LogP contribution in [0.25, 0.3) is 0 Å². The van der Waals surface area contributed by atoms with Gasteiger partial charge in [0.15, 0.2) is 0 Å². The van der Waals surface area contributed by atoms with Crippen molar-refractivity contribution in [3.63, 3.8) is 0 Å². The van der Waals surface area contributed by atoms with Crippen LogP contribution >= 0.6 is 0 Å². The van der Waals surface area contributed by atoms with Crippen LogP contribution in [0.4, 0.5) is 0 Å². The minimum absolute atomic E-state index is 0.0172. The van der Waals surface area contributed by atoms with Crippen molar-refractivity contribution in [2.75, 3.05) is 13.2 Å². The zero-order valence-corrected chi connectivity index (χ0v) is 57.2. The second kappa shape index (κ2) is 73.8. The van der Waals surface area contributed by atoms with Gasteiger partial charge in [-0.1, -0.05) is 391 Å². The van der Waals surface area contributed by atoms with Gasteiger partial charge in [0.25, 0.3) is 0 Å². The van der Waals surface area contributed by atoms with Gasteiger partial charge < -0.3 is 20.3 Å². The van der Waals surface area contributed by atoms with Gasteiger partial charge in [-0.05, 0) is 57.8 Å². The van der Waals surface area contributed by atoms with Crippen LogP contribution in [-0.2, 0) is 14.3 Å². The van der Waals surface area contributed by atoms with E-state index in [2.05, 4.69) is 31.3 Å². The molecule has 0 aliphatic carbocycles. The van der Waals surface area contributed by atoms with Crippen molar-refractivity contribution in [3.8, 4) is 0 Å². The molecule has 0 aliphatic heterocycles. The Morgan fingerprint density at radius 1 is 0.321 bits per heavy atom. The molecule has 0 radical (unpaired) electrons. The molecule has 3 N–H and O–H groups in total. The first kappa shape index (κ1) is 82.3. The minimum atomic E-state index is -0.838. The monoisotopic (exact) mass is 1180 g/mol. The molecule has 84 heavy (non-hydrogen) atoms. The van der Waals surface area contributed by atoms with E-state index in [0.29, 0.717) is 19.4 Å². The molecule has 498 valence electrons. The summed E-state index contributed by atoms with van der Waals surface area (Å²) in [5.41, 5.74) is 0. The first-order valence-corrected chi connectivity index (χ1v) is 38.6. The van der Waals surface area contributed by atoms with Crippen LogP contribution in [0.5, 0.6) is 0 Å². The number of carbonyl (C=O) groups excluding carboxylic acids is 2. The third-order valence-electron chi connectivity index (χ3n) is 18.2. The van der Waals surface area contributed by atoms with Gasteiger partial charge in [-0.15, -0.1) is 0 Å². The van der Waals surface area contributed by atoms with E-state index in [4.69, 9.17) is 4.74 Å². The van der Waals surface area contributed by atoms with Crippen LogP contribution in [0.3, 0.4) is 0 Å². The molecule has 0 saturated carbocycles. The highest BCUT2D eigenvalue weighted by atomic mass is 16.5. The van der Waals surface area contributed by atoms with E-state index < -0.39 is 12.1 Å². The molecule has 0 saturated heterocycles. The van der Waals surface area contributed by atoms with Gasteiger partial charge >= 0.3 is 5.97 Å². The molecule has 0 bridgehead atoms. The van der Waals surface area contributed by atoms with E-state index in [9.17, 15) is 19.8 Å². The Morgan fingerprint density at radius 3 is 0.845 bits per heavy atom. The molecule has 0 aromatic heterocycles. The molecule has 0 aromatic carbocycles. The number of allylic oxidation sites excluding steroid dienone is 3. The van der Waals surface area contributed by atoms with Crippen molar-refractivity contribution in [3.05, 3.63) is 24.3 Å². The molecule has 0 fully saturated rings. The van der Waals surface area contributed by atoms with E-state index in [1.807, 2.05) is 6.08 Å². The fraction of sp³-hybridized carbons (Fsp3) is 0.923. The Morgan fingerprint density at radius 2 is 0.560 bits per heavy atom. The number of aliphatic hydroxyl groups excluding tert-OH is 2. The van der Waals surface area contributed by atoms with Crippen molar-refractivity contribution in [1.29, 1.82) is 0 Å². The van der Waals surface area contributed by atoms with Crippen molar-refractivity contribution >= 4 is 11.9 Å². The average Bonchev–Trinajstić information content (AvgIpc) is 3.50. The maximum atomic E-state index is 12.5. The number of ether oxygens (including phenoxy) is 1. The summed E-state index contributed by atoms with van der Waals surface area (Å²) in [6.07, 6.45) is 94.6. The number of aliphatic hydroxyl groups is 2. The first-order chi connectivity index (χ1) is 41.5. The second-order valence-electron chi connectivity index (χ2n) is 26.7. The first-order valence-electron chi connectivity index (χ1n) is 38.6. The van der Waals surface area contributed by atoms with E-state index in [1.54, 1.807) is 6.08 Å². The average molecular weight is 1180 g/mol. The van der Waals surface area contributed by atoms with E-state index in [-0.39, 0.29) is 18.5 Å². The quantitative estimate of drug-likeness (QED) is 0.0320. The highest BCUT2D eigenvalue weighted by Gasteiger charge is 2.18. The van der Waals surface area contributed by atoms with Crippen LogP contribution in [-0.4, -0.2) is 47.4 Å². The van der Waals surface area contributed by atoms with Gasteiger partial charge in [-0.25, -0.2) is 0 Å². The molecule has 6 nitrogen and oxygen atoms in total. The van der Waals surface area contributed by atoms with Crippen LogP contribution in [0.1, 0.15) is 438 Å². The number of amides is 1. The van der Waals surface area contributed by atoms with Crippen LogP contribution in [0, 0.1) is 0 Å². The Bertz CT molecular complexity index is 1320. The van der Waals surface area contributed by atoms with E-state index >= 15 is 0 Å². The maximum Gasteiger partial charge on any atom is 0.305 e. The molecule has 2 atom stereocenters. The second-order valence-corrected chi connectivity index (χ2v) is 26.7. The molecule has 2 unspecified atom stereocenters. The molecule has 0 aromatic rings. The summed E-state index contributed by atoms with van der Waals surface area (Å²) in [5, 5.41) is 23.1. The third kappa shape index (κ3) is 69.4. The predicted molar refractivity (Wildman–Crippen MR) is 370 cm³/mol. The molecule has 6 heteroatoms. The number of esters is 1. The van der Waals surface area contributed by atoms with Gasteiger partial charge in [0.05, 0.1) is 25.4 Å². The topological polar surface area (TPSA) is 95.9 Å². The third-order valence-corrected chi connectivity index (χ3v) is 18.2. The smallest absolute Gasteiger partial charge is 0.305 e. The largest absolute Gasteiger partial charge is 0.466 e. The normalized spacial score (nSPS) is 12.6. The van der Waals surface area contributed by atoms with Crippen LogP contribution in [0.2, 0.25) is 0 Å². The van der Waals surface area contributed by atoms with Gasteiger partial charge in [0.1, 0.15) is 0 Å². The molecular formula is C78H151NO5. The highest BCUT2D eigenvalue weighted by Crippen LogP contribution is 2.20. The summed E-state index contributed by atoms with van der Waals surface area (Å²) < 4.78 is 5.50. The lowest BCUT2D eigenvalue weighted by atomic mass is 10.0. The molecule has 0 rings (SSSR count). The predicted octanol–water partition coefficient (Wildman–Crippen LogP) is 25.3. The number of hydrogen-bond donors (Lipinski definition) is 3. The number of rotatable bonds is 73. The van der Waals surface area contributed by atoms with Gasteiger partial charge in [0, 0.05) is 12.8 Å². The Labute approximate surface area is 526 Å². The Hall–Kier alpha value is -1.66. The number of carbonyl (C=O) groups is 2. The molecule has 0 aliphatic rings. The minimum Gasteiger partial charge on any atom is -0.466 e.